The van der Waals surface area contributed by atoms with Crippen molar-refractivity contribution in [3.63, 3.8) is 0 Å². The van der Waals surface area contributed by atoms with Crippen LogP contribution in [-0.2, 0) is 4.79 Å². The maximum Gasteiger partial charge on any atom is 0.229 e. The number of carbonyl (C=O) groups is 1. The minimum atomic E-state index is -1.14. The molecule has 2 saturated carbocycles. The Balaban J connectivity index is 1.57. The topological polar surface area (TPSA) is 125 Å². The van der Waals surface area contributed by atoms with Gasteiger partial charge in [0.2, 0.25) is 11.7 Å². The Morgan fingerprint density at radius 1 is 1.27 bits per heavy atom. The summed E-state index contributed by atoms with van der Waals surface area (Å²) in [6.45, 7) is 0. The minimum Gasteiger partial charge on any atom is -0.389 e. The molecule has 0 radical (unpaired) electrons. The van der Waals surface area contributed by atoms with E-state index < -0.39 is 23.7 Å². The third kappa shape index (κ3) is 2.51. The van der Waals surface area contributed by atoms with E-state index in [9.17, 15) is 15.0 Å². The van der Waals surface area contributed by atoms with Gasteiger partial charge in [0.05, 0.1) is 29.8 Å². The highest BCUT2D eigenvalue weighted by Gasteiger charge is 2.75. The van der Waals surface area contributed by atoms with E-state index in [0.717, 1.165) is 0 Å². The van der Waals surface area contributed by atoms with Crippen LogP contribution in [0.15, 0.2) is 30.6 Å². The molecule has 4 N–H and O–H groups in total. The highest BCUT2D eigenvalue weighted by Crippen LogP contribution is 2.67. The summed E-state index contributed by atoms with van der Waals surface area (Å²) < 4.78 is 1.74. The summed E-state index contributed by atoms with van der Waals surface area (Å²) in [5.41, 5.74) is 0.0911. The van der Waals surface area contributed by atoms with Gasteiger partial charge in [0, 0.05) is 20.0 Å². The molecule has 2 fully saturated rings. The smallest absolute Gasteiger partial charge is 0.229 e. The fourth-order valence-corrected chi connectivity index (χ4v) is 4.83. The number of aromatic nitrogens is 4. The van der Waals surface area contributed by atoms with Gasteiger partial charge in [0.25, 0.3) is 0 Å². The maximum absolute atomic E-state index is 12.4. The predicted octanol–water partition coefficient (Wildman–Crippen LogP) is -0.00950. The van der Waals surface area contributed by atoms with Crippen LogP contribution >= 0.6 is 0 Å². The first-order chi connectivity index (χ1) is 14.5. The van der Waals surface area contributed by atoms with Crippen molar-refractivity contribution in [1.82, 2.24) is 24.8 Å². The third-order valence-electron chi connectivity index (χ3n) is 6.40. The molecule has 0 bridgehead atoms. The van der Waals surface area contributed by atoms with E-state index in [4.69, 9.17) is 0 Å². The molecule has 0 unspecified atom stereocenters. The number of allylic oxidation sites excluding steroid dienone is 4. The van der Waals surface area contributed by atoms with Crippen LogP contribution in [0.4, 0.5) is 5.82 Å². The van der Waals surface area contributed by atoms with Crippen molar-refractivity contribution in [3.05, 3.63) is 36.5 Å². The normalized spacial score (nSPS) is 31.5. The number of aliphatic hydroxyl groups is 2. The van der Waals surface area contributed by atoms with Crippen molar-refractivity contribution in [3.8, 4) is 11.8 Å². The highest BCUT2D eigenvalue weighted by molar-refractivity contribution is 5.88. The molecule has 0 spiro atoms. The number of aliphatic hydroxyl groups excluding tert-OH is 2. The summed E-state index contributed by atoms with van der Waals surface area (Å²) >= 11 is 0. The molecule has 0 aromatic carbocycles. The number of fused-ring (bicyclic) bond motifs is 2. The van der Waals surface area contributed by atoms with Gasteiger partial charge in [-0.2, -0.15) is 0 Å². The van der Waals surface area contributed by atoms with Crippen LogP contribution in [0.3, 0.4) is 0 Å². The zero-order valence-corrected chi connectivity index (χ0v) is 16.6. The molecule has 5 rings (SSSR count). The van der Waals surface area contributed by atoms with Crippen molar-refractivity contribution < 1.29 is 15.0 Å². The van der Waals surface area contributed by atoms with Crippen molar-refractivity contribution >= 4 is 22.9 Å². The van der Waals surface area contributed by atoms with E-state index in [1.807, 2.05) is 24.3 Å². The quantitative estimate of drug-likeness (QED) is 0.529. The number of hydrogen-bond donors (Lipinski definition) is 4. The number of rotatable bonds is 3. The van der Waals surface area contributed by atoms with Gasteiger partial charge in [0.1, 0.15) is 6.10 Å². The minimum absolute atomic E-state index is 0.0266. The molecule has 30 heavy (non-hydrogen) atoms. The first kappa shape index (κ1) is 18.8. The summed E-state index contributed by atoms with van der Waals surface area (Å²) in [4.78, 5) is 25.9. The lowest BCUT2D eigenvalue weighted by atomic mass is 9.98. The lowest BCUT2D eigenvalue weighted by Gasteiger charge is -2.23. The average molecular weight is 406 g/mol. The van der Waals surface area contributed by atoms with Gasteiger partial charge in [-0.05, 0) is 12.3 Å². The molecule has 0 aliphatic heterocycles. The Morgan fingerprint density at radius 3 is 2.73 bits per heavy atom. The van der Waals surface area contributed by atoms with E-state index in [2.05, 4.69) is 37.4 Å². The second-order valence-corrected chi connectivity index (χ2v) is 7.89. The number of amides is 1. The van der Waals surface area contributed by atoms with Crippen molar-refractivity contribution in [2.24, 2.45) is 17.3 Å². The standard InChI is InChI=1S/C21H22N6O3/c1-22-18-14-19(26-13(25-18)8-7-11-5-3-4-6-11)27(10-24-14)15-12-9-21(12,20(30)23-2)17(29)16(15)28/h3-6,10-12,15-17,28-29H,9H2,1-2H3,(H,23,30)(H,22,25,26)/t12-,15-,16+,17+,21+/m1/s1. The summed E-state index contributed by atoms with van der Waals surface area (Å²) in [6, 6.07) is -0.511. The van der Waals surface area contributed by atoms with E-state index in [0.29, 0.717) is 29.2 Å². The number of carbonyl (C=O) groups excluding carboxylic acids is 1. The molecule has 2 heterocycles. The van der Waals surface area contributed by atoms with Gasteiger partial charge in [-0.1, -0.05) is 30.2 Å². The van der Waals surface area contributed by atoms with Gasteiger partial charge in [-0.3, -0.25) is 4.79 Å². The Morgan fingerprint density at radius 2 is 2.03 bits per heavy atom. The lowest BCUT2D eigenvalue weighted by Crippen LogP contribution is -2.41. The molecule has 2 aromatic rings. The highest BCUT2D eigenvalue weighted by atomic mass is 16.3. The molecule has 154 valence electrons. The fourth-order valence-electron chi connectivity index (χ4n) is 4.83. The van der Waals surface area contributed by atoms with Gasteiger partial charge in [0.15, 0.2) is 17.0 Å². The predicted molar refractivity (Wildman–Crippen MR) is 109 cm³/mol. The summed E-state index contributed by atoms with van der Waals surface area (Å²) in [5, 5.41) is 27.0. The molecule has 9 heteroatoms. The Bertz CT molecular complexity index is 1150. The van der Waals surface area contributed by atoms with Gasteiger partial charge < -0.3 is 25.4 Å². The number of nitrogens with zero attached hydrogens (tertiary/aromatic N) is 4. The number of nitrogens with one attached hydrogen (secondary N) is 2. The molecular weight excluding hydrogens is 384 g/mol. The monoisotopic (exact) mass is 406 g/mol. The van der Waals surface area contributed by atoms with Crippen LogP contribution in [0.25, 0.3) is 11.2 Å². The lowest BCUT2D eigenvalue weighted by molar-refractivity contribution is -0.132. The average Bonchev–Trinajstić information content (AvgIpc) is 3.06. The third-order valence-corrected chi connectivity index (χ3v) is 6.40. The second-order valence-electron chi connectivity index (χ2n) is 7.89. The zero-order valence-electron chi connectivity index (χ0n) is 16.6. The number of hydrogen-bond acceptors (Lipinski definition) is 7. The molecule has 3 aliphatic rings. The molecule has 5 atom stereocenters. The fraction of sp³-hybridized carbons (Fsp3) is 0.429. The Kier molecular flexibility index (Phi) is 4.17. The van der Waals surface area contributed by atoms with E-state index in [-0.39, 0.29) is 17.7 Å². The largest absolute Gasteiger partial charge is 0.389 e. The maximum atomic E-state index is 12.4. The number of imidazole rings is 1. The molecular formula is C21H22N6O3. The van der Waals surface area contributed by atoms with Gasteiger partial charge in [-0.25, -0.2) is 15.0 Å². The van der Waals surface area contributed by atoms with Crippen LogP contribution in [-0.4, -0.2) is 61.9 Å². The first-order valence-corrected chi connectivity index (χ1v) is 9.88. The van der Waals surface area contributed by atoms with Crippen molar-refractivity contribution in [1.29, 1.82) is 0 Å². The summed E-state index contributed by atoms with van der Waals surface area (Å²) in [5.74, 6) is 6.56. The van der Waals surface area contributed by atoms with Gasteiger partial charge in [-0.15, -0.1) is 0 Å². The molecule has 3 aliphatic carbocycles. The SMILES string of the molecule is CNC(=O)[C@@]12C[C@@H]1[C@@H](n1cnc3c(NC)nc(C#CC4C=CC=C4)nc31)[C@H](O)[C@@H]2O. The van der Waals surface area contributed by atoms with E-state index in [1.165, 1.54) is 7.05 Å². The molecule has 2 aromatic heterocycles. The van der Waals surface area contributed by atoms with Crippen LogP contribution in [0.2, 0.25) is 0 Å². The van der Waals surface area contributed by atoms with Crippen LogP contribution < -0.4 is 10.6 Å². The summed E-state index contributed by atoms with van der Waals surface area (Å²) in [7, 11) is 3.28. The Labute approximate surface area is 172 Å². The van der Waals surface area contributed by atoms with Crippen LogP contribution in [0, 0.1) is 29.1 Å². The zero-order chi connectivity index (χ0) is 21.0. The molecule has 9 nitrogen and oxygen atoms in total. The van der Waals surface area contributed by atoms with Gasteiger partial charge >= 0.3 is 0 Å². The summed E-state index contributed by atoms with van der Waals surface area (Å²) in [6.07, 6.45) is 7.69. The number of anilines is 1. The van der Waals surface area contributed by atoms with Crippen molar-refractivity contribution in [2.75, 3.05) is 19.4 Å². The Hall–Kier alpha value is -3.22. The van der Waals surface area contributed by atoms with E-state index in [1.54, 1.807) is 17.9 Å². The second kappa shape index (κ2) is 6.65. The first-order valence-electron chi connectivity index (χ1n) is 9.88. The van der Waals surface area contributed by atoms with Crippen LogP contribution in [0.1, 0.15) is 18.3 Å². The van der Waals surface area contributed by atoms with E-state index >= 15 is 0 Å². The van der Waals surface area contributed by atoms with Crippen molar-refractivity contribution in [2.45, 2.75) is 24.7 Å². The molecule has 1 amide bonds. The van der Waals surface area contributed by atoms with Crippen LogP contribution in [0.5, 0.6) is 0 Å². The molecule has 0 saturated heterocycles.